The molecule has 0 aromatic carbocycles. The smallest absolute Gasteiger partial charge is 0.228 e. The summed E-state index contributed by atoms with van der Waals surface area (Å²) < 4.78 is 0. The second kappa shape index (κ2) is 11.8. The van der Waals surface area contributed by atoms with E-state index >= 15 is 0 Å². The van der Waals surface area contributed by atoms with E-state index in [4.69, 9.17) is 19.9 Å². The summed E-state index contributed by atoms with van der Waals surface area (Å²) in [6.07, 6.45) is 9.54. The van der Waals surface area contributed by atoms with E-state index in [1.165, 1.54) is 38.5 Å². The van der Waals surface area contributed by atoms with Gasteiger partial charge in [0.25, 0.3) is 0 Å². The van der Waals surface area contributed by atoms with Crippen molar-refractivity contribution in [2.75, 3.05) is 59.7 Å². The molecule has 0 bridgehead atoms. The van der Waals surface area contributed by atoms with Crippen molar-refractivity contribution in [1.82, 2.24) is 19.9 Å². The number of hydrogen-bond acceptors (Lipinski definition) is 8. The highest BCUT2D eigenvalue weighted by molar-refractivity contribution is 5.94. The molecule has 0 radical (unpaired) electrons. The molecule has 8 heteroatoms. The molecule has 2 saturated heterocycles. The molecule has 2 aliphatic heterocycles. The first-order valence-corrected chi connectivity index (χ1v) is 13.6. The highest BCUT2D eigenvalue weighted by Gasteiger charge is 2.22. The van der Waals surface area contributed by atoms with Crippen LogP contribution in [0.3, 0.4) is 0 Å². The van der Waals surface area contributed by atoms with Gasteiger partial charge in [0.1, 0.15) is 11.0 Å². The van der Waals surface area contributed by atoms with Crippen molar-refractivity contribution in [2.24, 2.45) is 11.8 Å². The second-order valence-corrected chi connectivity index (χ2v) is 10.8. The summed E-state index contributed by atoms with van der Waals surface area (Å²) in [5.41, 5.74) is 1.68. The third-order valence-corrected chi connectivity index (χ3v) is 6.83. The quantitative estimate of drug-likeness (QED) is 0.485. The van der Waals surface area contributed by atoms with Gasteiger partial charge in [-0.15, -0.1) is 0 Å². The average molecular weight is 469 g/mol. The summed E-state index contributed by atoms with van der Waals surface area (Å²) >= 11 is 0. The Bertz CT molecular complexity index is 841. The Morgan fingerprint density at radius 1 is 0.588 bits per heavy atom. The molecule has 188 valence electrons. The molecule has 8 nitrogen and oxygen atoms in total. The molecule has 34 heavy (non-hydrogen) atoms. The van der Waals surface area contributed by atoms with Crippen LogP contribution >= 0.6 is 0 Å². The minimum Gasteiger partial charge on any atom is -0.368 e. The third-order valence-electron chi connectivity index (χ3n) is 6.83. The van der Waals surface area contributed by atoms with Crippen LogP contribution in [-0.4, -0.2) is 59.2 Å². The van der Waals surface area contributed by atoms with Gasteiger partial charge in [0.15, 0.2) is 11.6 Å². The van der Waals surface area contributed by atoms with Gasteiger partial charge in [-0.2, -0.15) is 9.97 Å². The predicted molar refractivity (Wildman–Crippen MR) is 143 cm³/mol. The molecule has 4 rings (SSSR count). The van der Waals surface area contributed by atoms with Gasteiger partial charge < -0.3 is 20.4 Å². The number of anilines is 4. The van der Waals surface area contributed by atoms with E-state index in [-0.39, 0.29) is 0 Å². The predicted octanol–water partition coefficient (Wildman–Crippen LogP) is 5.32. The number of nitrogens with zero attached hydrogens (tertiary/aromatic N) is 6. The molecule has 0 spiro atoms. The minimum atomic E-state index is 0.633. The second-order valence-electron chi connectivity index (χ2n) is 10.8. The minimum absolute atomic E-state index is 0.633. The Hall–Kier alpha value is -2.38. The van der Waals surface area contributed by atoms with Crippen molar-refractivity contribution < 1.29 is 0 Å². The maximum absolute atomic E-state index is 5.06. The zero-order chi connectivity index (χ0) is 23.9. The van der Waals surface area contributed by atoms with Crippen LogP contribution in [0.4, 0.5) is 23.5 Å². The fourth-order valence-corrected chi connectivity index (χ4v) is 4.67. The zero-order valence-electron chi connectivity index (χ0n) is 21.7. The van der Waals surface area contributed by atoms with Crippen LogP contribution < -0.4 is 20.4 Å². The molecule has 2 aliphatic rings. The Balaban J connectivity index is 1.76. The number of aromatic nitrogens is 4. The topological polar surface area (TPSA) is 82.1 Å². The molecular weight excluding hydrogens is 424 g/mol. The van der Waals surface area contributed by atoms with Gasteiger partial charge in [0.05, 0.1) is 0 Å². The van der Waals surface area contributed by atoms with Crippen molar-refractivity contribution >= 4 is 34.6 Å². The number of rotatable bonds is 10. The van der Waals surface area contributed by atoms with Crippen molar-refractivity contribution in [3.8, 4) is 0 Å². The largest absolute Gasteiger partial charge is 0.368 e. The lowest BCUT2D eigenvalue weighted by Gasteiger charge is -2.29. The first-order chi connectivity index (χ1) is 16.5. The summed E-state index contributed by atoms with van der Waals surface area (Å²) in [5, 5.41) is 7.23. The Morgan fingerprint density at radius 3 is 1.32 bits per heavy atom. The highest BCUT2D eigenvalue weighted by atomic mass is 15.3. The lowest BCUT2D eigenvalue weighted by Crippen LogP contribution is -2.32. The number of nitrogens with one attached hydrogen (secondary N) is 2. The molecular formula is C26H44N8. The van der Waals surface area contributed by atoms with Crippen LogP contribution in [0.5, 0.6) is 0 Å². The van der Waals surface area contributed by atoms with Gasteiger partial charge in [0, 0.05) is 39.3 Å². The zero-order valence-corrected chi connectivity index (χ0v) is 21.7. The van der Waals surface area contributed by atoms with E-state index in [9.17, 15) is 0 Å². The molecule has 0 aliphatic carbocycles. The summed E-state index contributed by atoms with van der Waals surface area (Å²) in [4.78, 5) is 24.8. The maximum Gasteiger partial charge on any atom is 0.228 e. The molecule has 0 unspecified atom stereocenters. The Kier molecular flexibility index (Phi) is 8.62. The molecule has 0 saturated carbocycles. The Morgan fingerprint density at radius 2 is 0.971 bits per heavy atom. The first kappa shape index (κ1) is 24.7. The van der Waals surface area contributed by atoms with E-state index in [2.05, 4.69) is 48.1 Å². The van der Waals surface area contributed by atoms with E-state index < -0.39 is 0 Å². The molecule has 0 atom stereocenters. The molecule has 4 heterocycles. The van der Waals surface area contributed by atoms with Crippen LogP contribution in [-0.2, 0) is 0 Å². The van der Waals surface area contributed by atoms with Gasteiger partial charge >= 0.3 is 0 Å². The average Bonchev–Trinajstić information content (AvgIpc) is 2.84. The lowest BCUT2D eigenvalue weighted by molar-refractivity contribution is 0.567. The van der Waals surface area contributed by atoms with Gasteiger partial charge in [0.2, 0.25) is 11.9 Å². The Labute approximate surface area is 205 Å². The van der Waals surface area contributed by atoms with Gasteiger partial charge in [-0.05, 0) is 63.2 Å². The van der Waals surface area contributed by atoms with Crippen molar-refractivity contribution in [2.45, 2.75) is 79.1 Å². The van der Waals surface area contributed by atoms with Crippen LogP contribution in [0.1, 0.15) is 79.1 Å². The summed E-state index contributed by atoms with van der Waals surface area (Å²) in [6.45, 7) is 14.8. The third kappa shape index (κ3) is 6.39. The van der Waals surface area contributed by atoms with Crippen LogP contribution in [0.25, 0.3) is 11.0 Å². The summed E-state index contributed by atoms with van der Waals surface area (Å²) in [5.74, 6) is 4.57. The first-order valence-electron chi connectivity index (χ1n) is 13.6. The number of piperidine rings is 2. The monoisotopic (exact) mass is 468 g/mol. The van der Waals surface area contributed by atoms with Crippen molar-refractivity contribution in [1.29, 1.82) is 0 Å². The van der Waals surface area contributed by atoms with E-state index in [1.807, 2.05) is 0 Å². The maximum atomic E-state index is 5.06. The molecule has 0 amide bonds. The van der Waals surface area contributed by atoms with Crippen LogP contribution in [0, 0.1) is 11.8 Å². The normalized spacial score (nSPS) is 17.1. The summed E-state index contributed by atoms with van der Waals surface area (Å²) in [6, 6.07) is 0. The van der Waals surface area contributed by atoms with E-state index in [0.29, 0.717) is 11.8 Å². The van der Waals surface area contributed by atoms with Gasteiger partial charge in [-0.1, -0.05) is 27.7 Å². The van der Waals surface area contributed by atoms with E-state index in [1.54, 1.807) is 0 Å². The summed E-state index contributed by atoms with van der Waals surface area (Å²) in [7, 11) is 0. The fourth-order valence-electron chi connectivity index (χ4n) is 4.67. The van der Waals surface area contributed by atoms with Gasteiger partial charge in [-0.3, -0.25) is 0 Å². The highest BCUT2D eigenvalue weighted by Crippen LogP contribution is 2.31. The molecule has 2 N–H and O–H groups in total. The molecule has 2 fully saturated rings. The SMILES string of the molecule is CC(C)CCNc1nc(N2CCCCC2)nc2c(NCCC(C)C)nc(N3CCCCC3)nc12. The number of fused-ring (bicyclic) bond motifs is 1. The number of hydrogen-bond donors (Lipinski definition) is 2. The van der Waals surface area contributed by atoms with Crippen LogP contribution in [0.15, 0.2) is 0 Å². The standard InChI is InChI=1S/C26H44N8/c1-19(2)11-13-27-23-21-22(30-25(31-23)33-15-7-5-8-16-33)24(28-14-12-20(3)4)32-26(29-21)34-17-9-6-10-18-34/h19-20H,5-18H2,1-4H3,(H,27,30,31)(H,28,29,32). The van der Waals surface area contributed by atoms with Crippen molar-refractivity contribution in [3.05, 3.63) is 0 Å². The van der Waals surface area contributed by atoms with Gasteiger partial charge in [-0.25, -0.2) is 9.97 Å². The lowest BCUT2D eigenvalue weighted by atomic mass is 10.1. The fraction of sp³-hybridized carbons (Fsp3) is 0.769. The van der Waals surface area contributed by atoms with Crippen LogP contribution in [0.2, 0.25) is 0 Å². The molecule has 2 aromatic heterocycles. The molecule has 2 aromatic rings. The van der Waals surface area contributed by atoms with Crippen molar-refractivity contribution in [3.63, 3.8) is 0 Å². The van der Waals surface area contributed by atoms with E-state index in [0.717, 1.165) is 86.7 Å².